The van der Waals surface area contributed by atoms with Crippen LogP contribution in [0.4, 0.5) is 0 Å². The minimum absolute atomic E-state index is 0.393. The number of hydrogen-bond acceptors (Lipinski definition) is 3. The van der Waals surface area contributed by atoms with Crippen molar-refractivity contribution in [1.82, 2.24) is 15.0 Å². The molecule has 0 aromatic carbocycles. The summed E-state index contributed by atoms with van der Waals surface area (Å²) in [5, 5.41) is 0. The first kappa shape index (κ1) is 22.1. The lowest BCUT2D eigenvalue weighted by molar-refractivity contribution is 0.794. The molecule has 0 spiro atoms. The summed E-state index contributed by atoms with van der Waals surface area (Å²) in [6.45, 7) is 15.3. The SMILES string of the molecule is Cc1cc(Cc2cc(Cc3cccc(C(C)C)n3)cc(C(C)C)n2)cc(C(C)C)n1. The first-order chi connectivity index (χ1) is 14.2. The van der Waals surface area contributed by atoms with Gasteiger partial charge in [-0.25, -0.2) is 0 Å². The Morgan fingerprint density at radius 1 is 0.600 bits per heavy atom. The molecule has 0 unspecified atom stereocenters. The topological polar surface area (TPSA) is 38.7 Å². The molecule has 0 saturated carbocycles. The van der Waals surface area contributed by atoms with Gasteiger partial charge >= 0.3 is 0 Å². The van der Waals surface area contributed by atoms with Gasteiger partial charge in [0.15, 0.2) is 0 Å². The van der Waals surface area contributed by atoms with Crippen LogP contribution in [0.3, 0.4) is 0 Å². The average molecular weight is 402 g/mol. The summed E-state index contributed by atoms with van der Waals surface area (Å²) in [6, 6.07) is 15.3. The Morgan fingerprint density at radius 3 is 1.77 bits per heavy atom. The molecule has 0 fully saturated rings. The van der Waals surface area contributed by atoms with E-state index in [4.69, 9.17) is 9.97 Å². The largest absolute Gasteiger partial charge is 0.258 e. The van der Waals surface area contributed by atoms with Crippen LogP contribution < -0.4 is 0 Å². The Labute approximate surface area is 182 Å². The first-order valence-electron chi connectivity index (χ1n) is 11.1. The van der Waals surface area contributed by atoms with E-state index in [0.717, 1.165) is 47.0 Å². The van der Waals surface area contributed by atoms with Gasteiger partial charge in [-0.05, 0) is 72.2 Å². The summed E-state index contributed by atoms with van der Waals surface area (Å²) >= 11 is 0. The zero-order valence-electron chi connectivity index (χ0n) is 19.5. The van der Waals surface area contributed by atoms with Crippen LogP contribution in [-0.4, -0.2) is 15.0 Å². The molecule has 0 aliphatic rings. The van der Waals surface area contributed by atoms with Crippen LogP contribution in [-0.2, 0) is 12.8 Å². The third-order valence-corrected chi connectivity index (χ3v) is 5.36. The number of hydrogen-bond donors (Lipinski definition) is 0. The molecule has 0 saturated heterocycles. The Bertz CT molecular complexity index is 1000. The molecule has 0 aliphatic carbocycles. The lowest BCUT2D eigenvalue weighted by Gasteiger charge is -2.13. The Balaban J connectivity index is 1.93. The number of nitrogens with zero attached hydrogens (tertiary/aromatic N) is 3. The summed E-state index contributed by atoms with van der Waals surface area (Å²) in [5.74, 6) is 1.26. The first-order valence-corrected chi connectivity index (χ1v) is 11.1. The number of rotatable bonds is 7. The van der Waals surface area contributed by atoms with E-state index >= 15 is 0 Å². The van der Waals surface area contributed by atoms with Gasteiger partial charge in [0, 0.05) is 47.0 Å². The Hall–Kier alpha value is -2.55. The van der Waals surface area contributed by atoms with Crippen LogP contribution in [0.25, 0.3) is 0 Å². The van der Waals surface area contributed by atoms with Gasteiger partial charge in [-0.2, -0.15) is 0 Å². The van der Waals surface area contributed by atoms with Crippen LogP contribution >= 0.6 is 0 Å². The van der Waals surface area contributed by atoms with Gasteiger partial charge in [0.1, 0.15) is 0 Å². The fraction of sp³-hybridized carbons (Fsp3) is 0.444. The quantitative estimate of drug-likeness (QED) is 0.440. The van der Waals surface area contributed by atoms with Crippen molar-refractivity contribution in [3.05, 3.63) is 87.8 Å². The molecule has 0 N–H and O–H groups in total. The second-order valence-electron chi connectivity index (χ2n) is 9.30. The predicted molar refractivity (Wildman–Crippen MR) is 125 cm³/mol. The van der Waals surface area contributed by atoms with Gasteiger partial charge in [-0.1, -0.05) is 47.6 Å². The lowest BCUT2D eigenvalue weighted by Crippen LogP contribution is -2.05. The third kappa shape index (κ3) is 5.75. The van der Waals surface area contributed by atoms with Gasteiger partial charge in [0.25, 0.3) is 0 Å². The monoisotopic (exact) mass is 401 g/mol. The second-order valence-corrected chi connectivity index (χ2v) is 9.30. The molecule has 158 valence electrons. The molecular formula is C27H35N3. The van der Waals surface area contributed by atoms with Crippen LogP contribution in [0.1, 0.15) is 105 Å². The van der Waals surface area contributed by atoms with E-state index in [1.165, 1.54) is 11.1 Å². The molecule has 3 rings (SSSR count). The van der Waals surface area contributed by atoms with Gasteiger partial charge in [0.05, 0.1) is 0 Å². The van der Waals surface area contributed by atoms with Crippen molar-refractivity contribution >= 4 is 0 Å². The van der Waals surface area contributed by atoms with E-state index in [0.29, 0.717) is 17.8 Å². The standard InChI is InChI=1S/C27H35N3/c1-17(2)25-10-8-9-23(29-25)12-22-14-24(30-27(16-22)19(5)6)13-21-11-20(7)28-26(15-21)18(3)4/h8-11,14-19H,12-13H2,1-7H3. The highest BCUT2D eigenvalue weighted by atomic mass is 14.7. The van der Waals surface area contributed by atoms with Crippen LogP contribution in [0.2, 0.25) is 0 Å². The van der Waals surface area contributed by atoms with Crippen LogP contribution in [0.15, 0.2) is 42.5 Å². The maximum absolute atomic E-state index is 4.98. The number of aryl methyl sites for hydroxylation is 1. The molecule has 3 nitrogen and oxygen atoms in total. The van der Waals surface area contributed by atoms with Crippen LogP contribution in [0.5, 0.6) is 0 Å². The Morgan fingerprint density at radius 2 is 1.13 bits per heavy atom. The fourth-order valence-electron chi connectivity index (χ4n) is 3.67. The molecule has 0 bridgehead atoms. The normalized spacial score (nSPS) is 11.7. The minimum Gasteiger partial charge on any atom is -0.258 e. The zero-order valence-corrected chi connectivity index (χ0v) is 19.5. The summed E-state index contributed by atoms with van der Waals surface area (Å²) in [7, 11) is 0. The van der Waals surface area contributed by atoms with E-state index in [1.807, 2.05) is 0 Å². The highest BCUT2D eigenvalue weighted by Crippen LogP contribution is 2.22. The van der Waals surface area contributed by atoms with E-state index in [2.05, 4.69) is 95.9 Å². The molecule has 0 amide bonds. The van der Waals surface area contributed by atoms with Crippen molar-refractivity contribution in [2.75, 3.05) is 0 Å². The predicted octanol–water partition coefficient (Wildman–Crippen LogP) is 6.73. The molecule has 0 aliphatic heterocycles. The van der Waals surface area contributed by atoms with Crippen molar-refractivity contribution in [2.45, 2.75) is 79.1 Å². The van der Waals surface area contributed by atoms with Crippen molar-refractivity contribution in [1.29, 1.82) is 0 Å². The van der Waals surface area contributed by atoms with Gasteiger partial charge in [0.2, 0.25) is 0 Å². The second kappa shape index (κ2) is 9.51. The third-order valence-electron chi connectivity index (χ3n) is 5.36. The van der Waals surface area contributed by atoms with Gasteiger partial charge in [-0.15, -0.1) is 0 Å². The van der Waals surface area contributed by atoms with Crippen molar-refractivity contribution < 1.29 is 0 Å². The maximum atomic E-state index is 4.98. The van der Waals surface area contributed by atoms with Crippen molar-refractivity contribution in [3.63, 3.8) is 0 Å². The summed E-state index contributed by atoms with van der Waals surface area (Å²) in [6.07, 6.45) is 1.67. The molecule has 3 aromatic rings. The number of aromatic nitrogens is 3. The van der Waals surface area contributed by atoms with Crippen molar-refractivity contribution in [2.24, 2.45) is 0 Å². The lowest BCUT2D eigenvalue weighted by atomic mass is 9.99. The molecule has 3 aromatic heterocycles. The van der Waals surface area contributed by atoms with E-state index < -0.39 is 0 Å². The molecule has 0 atom stereocenters. The van der Waals surface area contributed by atoms with Crippen LogP contribution in [0, 0.1) is 6.92 Å². The molecule has 0 radical (unpaired) electrons. The summed E-state index contributed by atoms with van der Waals surface area (Å²) in [4.78, 5) is 14.5. The minimum atomic E-state index is 0.393. The maximum Gasteiger partial charge on any atom is 0.0453 e. The van der Waals surface area contributed by atoms with Gasteiger partial charge in [-0.3, -0.25) is 15.0 Å². The highest BCUT2D eigenvalue weighted by Gasteiger charge is 2.11. The van der Waals surface area contributed by atoms with E-state index in [1.54, 1.807) is 0 Å². The average Bonchev–Trinajstić information content (AvgIpc) is 2.67. The van der Waals surface area contributed by atoms with Crippen molar-refractivity contribution in [3.8, 4) is 0 Å². The molecular weight excluding hydrogens is 366 g/mol. The van der Waals surface area contributed by atoms with E-state index in [-0.39, 0.29) is 0 Å². The summed E-state index contributed by atoms with van der Waals surface area (Å²) < 4.78 is 0. The zero-order chi connectivity index (χ0) is 21.8. The molecule has 30 heavy (non-hydrogen) atoms. The molecule has 3 heteroatoms. The summed E-state index contributed by atoms with van der Waals surface area (Å²) in [5.41, 5.74) is 9.34. The van der Waals surface area contributed by atoms with E-state index in [9.17, 15) is 0 Å². The number of pyridine rings is 3. The fourth-order valence-corrected chi connectivity index (χ4v) is 3.67. The Kier molecular flexibility index (Phi) is 7.02. The highest BCUT2D eigenvalue weighted by molar-refractivity contribution is 5.32. The smallest absolute Gasteiger partial charge is 0.0453 e. The molecule has 3 heterocycles. The van der Waals surface area contributed by atoms with Gasteiger partial charge < -0.3 is 0 Å².